The molecule has 0 aliphatic heterocycles. The van der Waals surface area contributed by atoms with Gasteiger partial charge in [-0.15, -0.1) is 11.3 Å². The second kappa shape index (κ2) is 5.08. The summed E-state index contributed by atoms with van der Waals surface area (Å²) in [6, 6.07) is 6.91. The van der Waals surface area contributed by atoms with Crippen molar-refractivity contribution in [2.24, 2.45) is 0 Å². The van der Waals surface area contributed by atoms with Crippen molar-refractivity contribution >= 4 is 11.3 Å². The third-order valence-electron chi connectivity index (χ3n) is 3.41. The molecule has 0 radical (unpaired) electrons. The van der Waals surface area contributed by atoms with E-state index in [0.717, 1.165) is 17.9 Å². The summed E-state index contributed by atoms with van der Waals surface area (Å²) in [4.78, 5) is 4.21. The van der Waals surface area contributed by atoms with E-state index < -0.39 is 0 Å². The Bertz CT molecular complexity index is 525. The molecule has 4 heteroatoms. The van der Waals surface area contributed by atoms with Gasteiger partial charge in [0.25, 0.3) is 0 Å². The fourth-order valence-electron chi connectivity index (χ4n) is 2.45. The number of thiazole rings is 1. The van der Waals surface area contributed by atoms with Gasteiger partial charge in [0, 0.05) is 11.4 Å². The summed E-state index contributed by atoms with van der Waals surface area (Å²) in [6.07, 6.45) is 2.32. The largest absolute Gasteiger partial charge is 0.487 e. The van der Waals surface area contributed by atoms with Gasteiger partial charge in [-0.2, -0.15) is 0 Å². The van der Waals surface area contributed by atoms with E-state index in [-0.39, 0.29) is 0 Å². The molecule has 2 aromatic rings. The maximum absolute atomic E-state index is 5.77. The minimum absolute atomic E-state index is 0.507. The smallest absolute Gasteiger partial charge is 0.131 e. The van der Waals surface area contributed by atoms with Crippen molar-refractivity contribution in [3.8, 4) is 5.75 Å². The highest BCUT2D eigenvalue weighted by Crippen LogP contribution is 2.33. The van der Waals surface area contributed by atoms with Gasteiger partial charge in [0.05, 0.1) is 11.2 Å². The third-order valence-corrected chi connectivity index (χ3v) is 4.05. The first kappa shape index (κ1) is 11.7. The molecule has 0 saturated heterocycles. The Balaban J connectivity index is 1.71. The predicted molar refractivity (Wildman–Crippen MR) is 73.0 cm³/mol. The molecule has 1 aliphatic carbocycles. The van der Waals surface area contributed by atoms with Gasteiger partial charge >= 0.3 is 0 Å². The molecule has 1 atom stereocenters. The molecule has 94 valence electrons. The van der Waals surface area contributed by atoms with E-state index in [2.05, 4.69) is 28.5 Å². The van der Waals surface area contributed by atoms with Crippen molar-refractivity contribution in [1.29, 1.82) is 0 Å². The predicted octanol–water partition coefficient (Wildman–Crippen LogP) is 2.93. The molecule has 1 unspecified atom stereocenters. The van der Waals surface area contributed by atoms with Crippen LogP contribution < -0.4 is 10.1 Å². The Hall–Kier alpha value is -1.39. The highest BCUT2D eigenvalue weighted by atomic mass is 32.1. The molecule has 3 nitrogen and oxygen atoms in total. The Kier molecular flexibility index (Phi) is 3.30. The molecule has 18 heavy (non-hydrogen) atoms. The lowest BCUT2D eigenvalue weighted by Crippen LogP contribution is -2.12. The van der Waals surface area contributed by atoms with Crippen molar-refractivity contribution in [3.05, 3.63) is 45.9 Å². The van der Waals surface area contributed by atoms with Crippen LogP contribution in [-0.2, 0) is 13.0 Å². The van der Waals surface area contributed by atoms with Crippen LogP contribution in [0, 0.1) is 0 Å². The lowest BCUT2D eigenvalue weighted by Gasteiger charge is -2.11. The van der Waals surface area contributed by atoms with Crippen molar-refractivity contribution in [1.82, 2.24) is 10.3 Å². The number of rotatable bonds is 4. The molecule has 1 aliphatic rings. The van der Waals surface area contributed by atoms with Gasteiger partial charge in [-0.25, -0.2) is 4.98 Å². The molecule has 0 amide bonds. The van der Waals surface area contributed by atoms with Gasteiger partial charge in [0.1, 0.15) is 12.4 Å². The van der Waals surface area contributed by atoms with Gasteiger partial charge in [-0.3, -0.25) is 0 Å². The number of fused-ring (bicyclic) bond motifs is 1. The van der Waals surface area contributed by atoms with Gasteiger partial charge in [-0.1, -0.05) is 6.07 Å². The van der Waals surface area contributed by atoms with Gasteiger partial charge in [-0.05, 0) is 43.1 Å². The van der Waals surface area contributed by atoms with Crippen molar-refractivity contribution in [2.75, 3.05) is 7.05 Å². The summed E-state index contributed by atoms with van der Waals surface area (Å²) in [5, 5.41) is 5.36. The SMILES string of the molecule is CNC1CCc2cc(OCc3cscn3)ccc21. The van der Waals surface area contributed by atoms with Gasteiger partial charge in [0.2, 0.25) is 0 Å². The first-order chi connectivity index (χ1) is 8.86. The number of benzene rings is 1. The Labute approximate surface area is 111 Å². The quantitative estimate of drug-likeness (QED) is 0.917. The standard InChI is InChI=1S/C14H16N2OS/c1-15-14-5-2-10-6-12(3-4-13(10)14)17-7-11-8-18-9-16-11/h3-4,6,8-9,14-15H,2,5,7H2,1H3. The van der Waals surface area contributed by atoms with E-state index in [1.54, 1.807) is 11.3 Å². The molecule has 0 bridgehead atoms. The molecular formula is C14H16N2OS. The number of hydrogen-bond donors (Lipinski definition) is 1. The number of ether oxygens (including phenoxy) is 1. The maximum Gasteiger partial charge on any atom is 0.131 e. The van der Waals surface area contributed by atoms with Crippen LogP contribution in [0.5, 0.6) is 5.75 Å². The molecule has 1 N–H and O–H groups in total. The van der Waals surface area contributed by atoms with Crippen LogP contribution in [-0.4, -0.2) is 12.0 Å². The average Bonchev–Trinajstić information content (AvgIpc) is 3.05. The summed E-state index contributed by atoms with van der Waals surface area (Å²) in [7, 11) is 2.02. The molecule has 0 spiro atoms. The topological polar surface area (TPSA) is 34.1 Å². The lowest BCUT2D eigenvalue weighted by atomic mass is 10.1. The molecule has 1 aromatic carbocycles. The zero-order valence-electron chi connectivity index (χ0n) is 10.3. The number of nitrogens with one attached hydrogen (secondary N) is 1. The average molecular weight is 260 g/mol. The zero-order chi connectivity index (χ0) is 12.4. The van der Waals surface area contributed by atoms with Crippen LogP contribution in [0.2, 0.25) is 0 Å². The molecule has 1 heterocycles. The van der Waals surface area contributed by atoms with E-state index in [1.165, 1.54) is 17.5 Å². The van der Waals surface area contributed by atoms with Gasteiger partial charge < -0.3 is 10.1 Å². The molecule has 3 rings (SSSR count). The monoisotopic (exact) mass is 260 g/mol. The maximum atomic E-state index is 5.77. The van der Waals surface area contributed by atoms with Crippen molar-refractivity contribution in [2.45, 2.75) is 25.5 Å². The van der Waals surface area contributed by atoms with E-state index in [1.807, 2.05) is 17.9 Å². The van der Waals surface area contributed by atoms with Crippen molar-refractivity contribution < 1.29 is 4.74 Å². The fourth-order valence-corrected chi connectivity index (χ4v) is 2.99. The van der Waals surface area contributed by atoms with E-state index in [4.69, 9.17) is 4.74 Å². The summed E-state index contributed by atoms with van der Waals surface area (Å²) in [5.74, 6) is 0.943. The number of nitrogens with zero attached hydrogens (tertiary/aromatic N) is 1. The van der Waals surface area contributed by atoms with Crippen LogP contribution >= 0.6 is 11.3 Å². The molecular weight excluding hydrogens is 244 g/mol. The van der Waals surface area contributed by atoms with E-state index >= 15 is 0 Å². The zero-order valence-corrected chi connectivity index (χ0v) is 11.2. The third kappa shape index (κ3) is 2.26. The fraction of sp³-hybridized carbons (Fsp3) is 0.357. The van der Waals surface area contributed by atoms with E-state index in [9.17, 15) is 0 Å². The number of aryl methyl sites for hydroxylation is 1. The normalized spacial score (nSPS) is 17.7. The number of hydrogen-bond acceptors (Lipinski definition) is 4. The second-order valence-electron chi connectivity index (χ2n) is 4.51. The van der Waals surface area contributed by atoms with Crippen LogP contribution in [0.15, 0.2) is 29.1 Å². The summed E-state index contributed by atoms with van der Waals surface area (Å²) >= 11 is 1.60. The highest BCUT2D eigenvalue weighted by molar-refractivity contribution is 7.07. The van der Waals surface area contributed by atoms with Gasteiger partial charge in [0.15, 0.2) is 0 Å². The van der Waals surface area contributed by atoms with Crippen LogP contribution in [0.25, 0.3) is 0 Å². The molecule has 0 saturated carbocycles. The van der Waals surface area contributed by atoms with Crippen LogP contribution in [0.4, 0.5) is 0 Å². The summed E-state index contributed by atoms with van der Waals surface area (Å²) in [6.45, 7) is 0.553. The first-order valence-corrected chi connectivity index (χ1v) is 7.11. The summed E-state index contributed by atoms with van der Waals surface area (Å²) in [5.41, 5.74) is 5.65. The lowest BCUT2D eigenvalue weighted by molar-refractivity contribution is 0.302. The molecule has 1 aromatic heterocycles. The minimum Gasteiger partial charge on any atom is -0.487 e. The van der Waals surface area contributed by atoms with E-state index in [0.29, 0.717) is 12.6 Å². The first-order valence-electron chi connectivity index (χ1n) is 6.17. The molecule has 0 fully saturated rings. The summed E-state index contributed by atoms with van der Waals surface area (Å²) < 4.78 is 5.77. The highest BCUT2D eigenvalue weighted by Gasteiger charge is 2.20. The van der Waals surface area contributed by atoms with Crippen LogP contribution in [0.3, 0.4) is 0 Å². The Morgan fingerprint density at radius 1 is 1.50 bits per heavy atom. The second-order valence-corrected chi connectivity index (χ2v) is 5.23. The Morgan fingerprint density at radius 2 is 2.44 bits per heavy atom. The van der Waals surface area contributed by atoms with Crippen molar-refractivity contribution in [3.63, 3.8) is 0 Å². The Morgan fingerprint density at radius 3 is 3.22 bits per heavy atom. The number of aromatic nitrogens is 1. The minimum atomic E-state index is 0.507. The van der Waals surface area contributed by atoms with Crippen LogP contribution in [0.1, 0.15) is 29.3 Å².